The first-order valence-electron chi connectivity index (χ1n) is 9.19. The van der Waals surface area contributed by atoms with Gasteiger partial charge in [-0.3, -0.25) is 14.5 Å². The van der Waals surface area contributed by atoms with Crippen LogP contribution in [0.4, 0.5) is 0 Å². The fraction of sp³-hybridized carbons (Fsp3) is 0.889. The molecule has 3 unspecified atom stereocenters. The standard InChI is InChI=1S/C18H33N3O2/c1-5-16(4)18(23)20-8-6-19(7-9-20)13-17(22)21-11-14(2)10-15(3)12-21/h14-16H,5-13H2,1-4H3. The highest BCUT2D eigenvalue weighted by atomic mass is 16.2. The summed E-state index contributed by atoms with van der Waals surface area (Å²) in [4.78, 5) is 30.9. The number of hydrogen-bond acceptors (Lipinski definition) is 3. The number of carbonyl (C=O) groups excluding carboxylic acids is 2. The molecule has 2 amide bonds. The van der Waals surface area contributed by atoms with Crippen LogP contribution in [0, 0.1) is 17.8 Å². The Morgan fingerprint density at radius 3 is 2.09 bits per heavy atom. The SMILES string of the molecule is CCC(C)C(=O)N1CCN(CC(=O)N2CC(C)CC(C)C2)CC1. The smallest absolute Gasteiger partial charge is 0.236 e. The highest BCUT2D eigenvalue weighted by Gasteiger charge is 2.28. The number of rotatable bonds is 4. The van der Waals surface area contributed by atoms with Crippen LogP contribution in [0.5, 0.6) is 0 Å². The van der Waals surface area contributed by atoms with Crippen molar-refractivity contribution in [3.8, 4) is 0 Å². The van der Waals surface area contributed by atoms with Crippen LogP contribution in [0.25, 0.3) is 0 Å². The predicted octanol–water partition coefficient (Wildman–Crippen LogP) is 1.68. The van der Waals surface area contributed by atoms with Gasteiger partial charge < -0.3 is 9.80 Å². The summed E-state index contributed by atoms with van der Waals surface area (Å²) >= 11 is 0. The first kappa shape index (κ1) is 18.2. The van der Waals surface area contributed by atoms with E-state index in [0.717, 1.165) is 45.7 Å². The lowest BCUT2D eigenvalue weighted by Gasteiger charge is -2.38. The van der Waals surface area contributed by atoms with Crippen LogP contribution in [0.2, 0.25) is 0 Å². The average molecular weight is 323 g/mol. The molecule has 0 aromatic carbocycles. The number of piperazine rings is 1. The molecule has 2 heterocycles. The lowest BCUT2D eigenvalue weighted by atomic mass is 9.92. The molecule has 0 radical (unpaired) electrons. The first-order chi connectivity index (χ1) is 10.9. The van der Waals surface area contributed by atoms with E-state index in [1.165, 1.54) is 6.42 Å². The molecule has 0 spiro atoms. The molecular weight excluding hydrogens is 290 g/mol. The Hall–Kier alpha value is -1.10. The third-order valence-electron chi connectivity index (χ3n) is 5.30. The van der Waals surface area contributed by atoms with Crippen LogP contribution in [0.1, 0.15) is 40.5 Å². The Labute approximate surface area is 141 Å². The Bertz CT molecular complexity index is 408. The highest BCUT2D eigenvalue weighted by molar-refractivity contribution is 5.79. The van der Waals surface area contributed by atoms with Crippen molar-refractivity contribution in [2.75, 3.05) is 45.8 Å². The van der Waals surface area contributed by atoms with E-state index < -0.39 is 0 Å². The molecule has 5 heteroatoms. The van der Waals surface area contributed by atoms with Gasteiger partial charge in [-0.15, -0.1) is 0 Å². The van der Waals surface area contributed by atoms with Gasteiger partial charge in [0.25, 0.3) is 0 Å². The number of nitrogens with zero attached hydrogens (tertiary/aromatic N) is 3. The molecule has 2 fully saturated rings. The van der Waals surface area contributed by atoms with E-state index >= 15 is 0 Å². The molecule has 2 aliphatic heterocycles. The topological polar surface area (TPSA) is 43.9 Å². The molecule has 0 N–H and O–H groups in total. The third kappa shape index (κ3) is 4.93. The molecule has 2 aliphatic rings. The largest absolute Gasteiger partial charge is 0.341 e. The van der Waals surface area contributed by atoms with E-state index in [-0.39, 0.29) is 17.7 Å². The van der Waals surface area contributed by atoms with Crippen molar-refractivity contribution < 1.29 is 9.59 Å². The molecule has 2 rings (SSSR count). The van der Waals surface area contributed by atoms with Gasteiger partial charge >= 0.3 is 0 Å². The van der Waals surface area contributed by atoms with Crippen LogP contribution in [-0.4, -0.2) is 72.3 Å². The maximum absolute atomic E-state index is 12.5. The fourth-order valence-electron chi connectivity index (χ4n) is 3.77. The van der Waals surface area contributed by atoms with Gasteiger partial charge in [0.1, 0.15) is 0 Å². The summed E-state index contributed by atoms with van der Waals surface area (Å²) < 4.78 is 0. The Morgan fingerprint density at radius 2 is 1.57 bits per heavy atom. The number of carbonyl (C=O) groups is 2. The Balaban J connectivity index is 1.77. The molecule has 132 valence electrons. The zero-order valence-electron chi connectivity index (χ0n) is 15.3. The Morgan fingerprint density at radius 1 is 1.00 bits per heavy atom. The van der Waals surface area contributed by atoms with Crippen molar-refractivity contribution >= 4 is 11.8 Å². The normalized spacial score (nSPS) is 27.8. The average Bonchev–Trinajstić information content (AvgIpc) is 2.53. The highest BCUT2D eigenvalue weighted by Crippen LogP contribution is 2.21. The summed E-state index contributed by atoms with van der Waals surface area (Å²) in [6, 6.07) is 0. The second kappa shape index (κ2) is 8.13. The molecule has 0 aliphatic carbocycles. The third-order valence-corrected chi connectivity index (χ3v) is 5.30. The number of likely N-dealkylation sites (tertiary alicyclic amines) is 1. The van der Waals surface area contributed by atoms with Gasteiger partial charge in [-0.05, 0) is 24.7 Å². The van der Waals surface area contributed by atoms with E-state index in [2.05, 4.69) is 25.7 Å². The van der Waals surface area contributed by atoms with Crippen molar-refractivity contribution in [3.05, 3.63) is 0 Å². The number of amides is 2. The van der Waals surface area contributed by atoms with Gasteiger partial charge in [0.05, 0.1) is 6.54 Å². The van der Waals surface area contributed by atoms with Crippen LogP contribution >= 0.6 is 0 Å². The summed E-state index contributed by atoms with van der Waals surface area (Å²) in [7, 11) is 0. The first-order valence-corrected chi connectivity index (χ1v) is 9.19. The minimum Gasteiger partial charge on any atom is -0.341 e. The second-order valence-corrected chi connectivity index (χ2v) is 7.66. The van der Waals surface area contributed by atoms with E-state index in [1.54, 1.807) is 0 Å². The summed E-state index contributed by atoms with van der Waals surface area (Å²) in [5.74, 6) is 1.84. The molecule has 0 aromatic heterocycles. The van der Waals surface area contributed by atoms with Crippen molar-refractivity contribution in [2.45, 2.75) is 40.5 Å². The van der Waals surface area contributed by atoms with Crippen LogP contribution < -0.4 is 0 Å². The van der Waals surface area contributed by atoms with Crippen molar-refractivity contribution in [1.29, 1.82) is 0 Å². The molecule has 3 atom stereocenters. The van der Waals surface area contributed by atoms with E-state index in [9.17, 15) is 9.59 Å². The molecule has 2 saturated heterocycles. The lowest BCUT2D eigenvalue weighted by Crippen LogP contribution is -2.53. The van der Waals surface area contributed by atoms with E-state index in [4.69, 9.17) is 0 Å². The molecule has 0 aromatic rings. The quantitative estimate of drug-likeness (QED) is 0.791. The molecule has 0 bridgehead atoms. The maximum atomic E-state index is 12.5. The molecule has 23 heavy (non-hydrogen) atoms. The van der Waals surface area contributed by atoms with Crippen LogP contribution in [0.15, 0.2) is 0 Å². The zero-order valence-corrected chi connectivity index (χ0v) is 15.3. The number of piperidine rings is 1. The minimum atomic E-state index is 0.111. The summed E-state index contributed by atoms with van der Waals surface area (Å²) in [6.07, 6.45) is 2.11. The summed E-state index contributed by atoms with van der Waals surface area (Å²) in [5.41, 5.74) is 0. The monoisotopic (exact) mass is 323 g/mol. The van der Waals surface area contributed by atoms with Gasteiger partial charge in [-0.2, -0.15) is 0 Å². The van der Waals surface area contributed by atoms with Gasteiger partial charge in [0.15, 0.2) is 0 Å². The van der Waals surface area contributed by atoms with E-state index in [1.807, 2.05) is 16.7 Å². The Kier molecular flexibility index (Phi) is 6.45. The molecule has 0 saturated carbocycles. The summed E-state index contributed by atoms with van der Waals surface area (Å²) in [5, 5.41) is 0. The van der Waals surface area contributed by atoms with Crippen LogP contribution in [-0.2, 0) is 9.59 Å². The van der Waals surface area contributed by atoms with Crippen LogP contribution in [0.3, 0.4) is 0 Å². The fourth-order valence-corrected chi connectivity index (χ4v) is 3.77. The second-order valence-electron chi connectivity index (χ2n) is 7.66. The maximum Gasteiger partial charge on any atom is 0.236 e. The van der Waals surface area contributed by atoms with Gasteiger partial charge in [-0.1, -0.05) is 27.7 Å². The van der Waals surface area contributed by atoms with E-state index in [0.29, 0.717) is 18.4 Å². The van der Waals surface area contributed by atoms with Crippen molar-refractivity contribution in [1.82, 2.24) is 14.7 Å². The van der Waals surface area contributed by atoms with Gasteiger partial charge in [0, 0.05) is 45.2 Å². The summed E-state index contributed by atoms with van der Waals surface area (Å²) in [6.45, 7) is 13.9. The number of hydrogen-bond donors (Lipinski definition) is 0. The predicted molar refractivity (Wildman–Crippen MR) is 92.0 cm³/mol. The lowest BCUT2D eigenvalue weighted by molar-refractivity contribution is -0.138. The zero-order chi connectivity index (χ0) is 17.0. The minimum absolute atomic E-state index is 0.111. The van der Waals surface area contributed by atoms with Gasteiger partial charge in [0.2, 0.25) is 11.8 Å². The molecule has 5 nitrogen and oxygen atoms in total. The van der Waals surface area contributed by atoms with Crippen molar-refractivity contribution in [3.63, 3.8) is 0 Å². The molecular formula is C18H33N3O2. The van der Waals surface area contributed by atoms with Gasteiger partial charge in [-0.25, -0.2) is 0 Å². The van der Waals surface area contributed by atoms with Crippen molar-refractivity contribution in [2.24, 2.45) is 17.8 Å².